The minimum Gasteiger partial charge on any atom is -0.510 e. The molecule has 0 saturated heterocycles. The Morgan fingerprint density at radius 1 is 0.898 bits per heavy atom. The number of aliphatic hydroxyl groups excluding tert-OH is 3. The molecule has 0 aromatic heterocycles. The van der Waals surface area contributed by atoms with E-state index in [-0.39, 0.29) is 52.9 Å². The average Bonchev–Trinajstić information content (AvgIpc) is 2.91. The van der Waals surface area contributed by atoms with Crippen LogP contribution >= 0.6 is 0 Å². The first-order valence-electron chi connectivity index (χ1n) is 17.2. The van der Waals surface area contributed by atoms with E-state index in [1.807, 2.05) is 41.5 Å². The fourth-order valence-corrected chi connectivity index (χ4v) is 9.42. The van der Waals surface area contributed by atoms with Gasteiger partial charge in [0.05, 0.1) is 17.2 Å². The molecule has 4 rings (SSSR count). The summed E-state index contributed by atoms with van der Waals surface area (Å²) in [5.41, 5.74) is -6.77. The summed E-state index contributed by atoms with van der Waals surface area (Å²) in [5, 5.41) is 48.7. The van der Waals surface area contributed by atoms with E-state index in [2.05, 4.69) is 0 Å². The van der Waals surface area contributed by atoms with Gasteiger partial charge in [-0.05, 0) is 35.2 Å². The summed E-state index contributed by atoms with van der Waals surface area (Å²) < 4.78 is 0. The van der Waals surface area contributed by atoms with Crippen molar-refractivity contribution in [1.29, 1.82) is 0 Å². The van der Waals surface area contributed by atoms with Crippen LogP contribution in [-0.2, 0) is 30.4 Å². The second-order valence-corrected chi connectivity index (χ2v) is 18.0. The molecule has 1 fully saturated rings. The van der Waals surface area contributed by atoms with Crippen LogP contribution in [-0.4, -0.2) is 55.4 Å². The van der Waals surface area contributed by atoms with Gasteiger partial charge in [0.1, 0.15) is 34.2 Å². The highest BCUT2D eigenvalue weighted by Gasteiger charge is 2.77. The van der Waals surface area contributed by atoms with E-state index < -0.39 is 92.2 Å². The molecule has 1 unspecified atom stereocenters. The van der Waals surface area contributed by atoms with Crippen LogP contribution in [0.4, 0.5) is 0 Å². The number of ketones is 5. The maximum absolute atomic E-state index is 15.5. The van der Waals surface area contributed by atoms with Gasteiger partial charge in [0.15, 0.2) is 17.3 Å². The third-order valence-corrected chi connectivity index (χ3v) is 11.5. The lowest BCUT2D eigenvalue weighted by atomic mass is 9.36. The molecule has 9 heteroatoms. The van der Waals surface area contributed by atoms with Crippen molar-refractivity contribution in [3.05, 3.63) is 45.7 Å². The van der Waals surface area contributed by atoms with E-state index in [4.69, 9.17) is 0 Å². The lowest BCUT2D eigenvalue weighted by molar-refractivity contribution is -0.195. The number of benzene rings is 1. The molecule has 4 N–H and O–H groups in total. The molecule has 0 radical (unpaired) electrons. The van der Waals surface area contributed by atoms with Gasteiger partial charge < -0.3 is 20.4 Å². The van der Waals surface area contributed by atoms with E-state index >= 15 is 4.79 Å². The molecule has 9 nitrogen and oxygen atoms in total. The highest BCUT2D eigenvalue weighted by Crippen LogP contribution is 2.71. The zero-order chi connectivity index (χ0) is 37.6. The van der Waals surface area contributed by atoms with Crippen LogP contribution in [0.15, 0.2) is 29.0 Å². The number of rotatable bonds is 8. The second-order valence-electron chi connectivity index (χ2n) is 18.0. The molecule has 3 aliphatic rings. The topological polar surface area (TPSA) is 166 Å². The SMILES string of the molecule is CC(=O)C1=C(O)[C@]2(CC(=O)CC(C)(C)C)C(=O)C3=C(O)c4c(ccc(CC(=O)CC(C)(C)C)c4O)[C@@H](C)[C@]3(C)[C@@H](O)[C@]2(C)C(C(C)C)C1=O. The van der Waals surface area contributed by atoms with Gasteiger partial charge in [0.25, 0.3) is 0 Å². The lowest BCUT2D eigenvalue weighted by Gasteiger charge is -2.65. The Bertz CT molecular complexity index is 1710. The normalized spacial score (nSPS) is 30.3. The molecule has 1 saturated carbocycles. The number of aliphatic hydroxyl groups is 3. The number of carbonyl (C=O) groups is 5. The van der Waals surface area contributed by atoms with Gasteiger partial charge >= 0.3 is 0 Å². The summed E-state index contributed by atoms with van der Waals surface area (Å²) >= 11 is 0. The monoisotopic (exact) mass is 678 g/mol. The molecule has 0 aliphatic heterocycles. The largest absolute Gasteiger partial charge is 0.510 e. The molecule has 1 aromatic carbocycles. The van der Waals surface area contributed by atoms with Gasteiger partial charge in [-0.25, -0.2) is 0 Å². The van der Waals surface area contributed by atoms with Crippen LogP contribution in [0, 0.1) is 38.9 Å². The zero-order valence-electron chi connectivity index (χ0n) is 31.1. The van der Waals surface area contributed by atoms with Crippen LogP contribution in [0.1, 0.15) is 125 Å². The molecular weight excluding hydrogens is 624 g/mol. The Balaban J connectivity index is 2.12. The molecule has 6 atom stereocenters. The third kappa shape index (κ3) is 5.60. The quantitative estimate of drug-likeness (QED) is 0.214. The summed E-state index contributed by atoms with van der Waals surface area (Å²) in [5.74, 6) is -7.26. The van der Waals surface area contributed by atoms with Crippen LogP contribution in [0.25, 0.3) is 5.76 Å². The summed E-state index contributed by atoms with van der Waals surface area (Å²) in [6, 6.07) is 3.28. The fourth-order valence-electron chi connectivity index (χ4n) is 9.42. The van der Waals surface area contributed by atoms with E-state index in [1.54, 1.807) is 46.8 Å². The number of carbonyl (C=O) groups excluding carboxylic acids is 5. The van der Waals surface area contributed by atoms with Crippen LogP contribution in [0.2, 0.25) is 0 Å². The first-order valence-corrected chi connectivity index (χ1v) is 17.2. The maximum atomic E-state index is 15.5. The number of phenolic OH excluding ortho intramolecular Hbond substituents is 1. The second kappa shape index (κ2) is 12.0. The molecule has 49 heavy (non-hydrogen) atoms. The van der Waals surface area contributed by atoms with Gasteiger partial charge in [-0.15, -0.1) is 0 Å². The van der Waals surface area contributed by atoms with Crippen molar-refractivity contribution in [2.45, 2.75) is 121 Å². The average molecular weight is 679 g/mol. The summed E-state index contributed by atoms with van der Waals surface area (Å²) in [6.45, 7) is 20.8. The van der Waals surface area contributed by atoms with Gasteiger partial charge in [-0.3, -0.25) is 24.0 Å². The van der Waals surface area contributed by atoms with Crippen molar-refractivity contribution in [2.24, 2.45) is 38.9 Å². The van der Waals surface area contributed by atoms with Crippen molar-refractivity contribution in [3.63, 3.8) is 0 Å². The van der Waals surface area contributed by atoms with E-state index in [9.17, 15) is 39.6 Å². The van der Waals surface area contributed by atoms with Crippen molar-refractivity contribution in [2.75, 3.05) is 0 Å². The molecular formula is C40H54O9. The van der Waals surface area contributed by atoms with Crippen LogP contribution < -0.4 is 0 Å². The zero-order valence-corrected chi connectivity index (χ0v) is 31.1. The Kier molecular flexibility index (Phi) is 9.38. The Labute approximate surface area is 289 Å². The van der Waals surface area contributed by atoms with Crippen molar-refractivity contribution in [3.8, 4) is 5.75 Å². The Morgan fingerprint density at radius 2 is 1.43 bits per heavy atom. The predicted octanol–water partition coefficient (Wildman–Crippen LogP) is 6.92. The number of phenols is 1. The van der Waals surface area contributed by atoms with Crippen LogP contribution in [0.5, 0.6) is 5.75 Å². The molecule has 1 aromatic rings. The first kappa shape index (κ1) is 38.2. The number of hydrogen-bond donors (Lipinski definition) is 4. The number of fused-ring (bicyclic) bond motifs is 3. The van der Waals surface area contributed by atoms with E-state index in [0.717, 1.165) is 6.92 Å². The third-order valence-electron chi connectivity index (χ3n) is 11.5. The minimum absolute atomic E-state index is 0.00847. The predicted molar refractivity (Wildman–Crippen MR) is 186 cm³/mol. The highest BCUT2D eigenvalue weighted by atomic mass is 16.3. The number of aromatic hydroxyl groups is 1. The standard InChI is InChI=1S/C40H54O9/c1-19(2)28-31(45)26(21(4)41)33(47)40(18-24(43)17-37(8,9)10)34(48)29-32(46)27-25(20(3)38(29,11)35(49)39(28,40)12)14-13-22(30(27)44)15-23(42)16-36(5,6)7/h13-14,19-20,28,35,44,46-47,49H,15-18H2,1-12H3/t20-,28?,35-,38+,39+,40-/m1/s1. The number of allylic oxidation sites excluding steroid dienone is 2. The molecule has 0 spiro atoms. The van der Waals surface area contributed by atoms with Gasteiger partial charge in [-0.1, -0.05) is 88.3 Å². The van der Waals surface area contributed by atoms with Gasteiger partial charge in [-0.2, -0.15) is 0 Å². The van der Waals surface area contributed by atoms with Crippen molar-refractivity contribution < 1.29 is 44.4 Å². The molecule has 0 bridgehead atoms. The smallest absolute Gasteiger partial charge is 0.178 e. The fraction of sp³-hybridized carbons (Fsp3) is 0.625. The van der Waals surface area contributed by atoms with Crippen LogP contribution in [0.3, 0.4) is 0 Å². The van der Waals surface area contributed by atoms with Crippen molar-refractivity contribution in [1.82, 2.24) is 0 Å². The maximum Gasteiger partial charge on any atom is 0.178 e. The minimum atomic E-state index is -2.30. The summed E-state index contributed by atoms with van der Waals surface area (Å²) in [7, 11) is 0. The number of hydrogen-bond acceptors (Lipinski definition) is 9. The Hall–Kier alpha value is -3.59. The summed E-state index contributed by atoms with van der Waals surface area (Å²) in [6.07, 6.45) is -2.11. The van der Waals surface area contributed by atoms with Gasteiger partial charge in [0, 0.05) is 53.6 Å². The first-order chi connectivity index (χ1) is 22.2. The lowest BCUT2D eigenvalue weighted by Crippen LogP contribution is -2.72. The molecule has 0 amide bonds. The van der Waals surface area contributed by atoms with Gasteiger partial charge in [0.2, 0.25) is 0 Å². The van der Waals surface area contributed by atoms with E-state index in [0.29, 0.717) is 5.56 Å². The molecule has 268 valence electrons. The number of Topliss-reactive ketones (excluding diaryl/α,β-unsaturated/α-hetero) is 5. The molecule has 3 aliphatic carbocycles. The summed E-state index contributed by atoms with van der Waals surface area (Å²) in [4.78, 5) is 69.6. The highest BCUT2D eigenvalue weighted by molar-refractivity contribution is 6.24. The van der Waals surface area contributed by atoms with E-state index in [1.165, 1.54) is 0 Å². The van der Waals surface area contributed by atoms with Crippen molar-refractivity contribution >= 4 is 34.7 Å². The Morgan fingerprint density at radius 3 is 1.92 bits per heavy atom. The molecule has 0 heterocycles.